The van der Waals surface area contributed by atoms with Gasteiger partial charge in [-0.25, -0.2) is 0 Å². The molecule has 6 nitrogen and oxygen atoms in total. The second-order valence-electron chi connectivity index (χ2n) is 6.83. The van der Waals surface area contributed by atoms with Crippen LogP contribution in [0.1, 0.15) is 17.2 Å². The van der Waals surface area contributed by atoms with Crippen molar-refractivity contribution in [3.8, 4) is 5.75 Å². The molecule has 2 aromatic rings. The summed E-state index contributed by atoms with van der Waals surface area (Å²) in [6.07, 6.45) is 0.919. The molecule has 1 aliphatic heterocycles. The van der Waals surface area contributed by atoms with Crippen LogP contribution < -0.4 is 15.8 Å². The highest BCUT2D eigenvalue weighted by atomic mass is 127. The number of nitrogens with one attached hydrogen (secondary N) is 1. The van der Waals surface area contributed by atoms with Gasteiger partial charge in [-0.3, -0.25) is 9.89 Å². The Bertz CT molecular complexity index is 734. The molecule has 0 aliphatic carbocycles. The van der Waals surface area contributed by atoms with E-state index in [2.05, 4.69) is 51.6 Å². The van der Waals surface area contributed by atoms with Crippen molar-refractivity contribution in [3.63, 3.8) is 0 Å². The molecule has 1 atom stereocenters. The Balaban J connectivity index is 0.00000300. The van der Waals surface area contributed by atoms with Crippen molar-refractivity contribution in [1.82, 2.24) is 10.2 Å². The van der Waals surface area contributed by atoms with Gasteiger partial charge in [0.05, 0.1) is 32.9 Å². The van der Waals surface area contributed by atoms with Crippen molar-refractivity contribution < 1.29 is 9.47 Å². The number of halogens is 1. The summed E-state index contributed by atoms with van der Waals surface area (Å²) >= 11 is 0. The quantitative estimate of drug-likeness (QED) is 0.325. The highest BCUT2D eigenvalue weighted by Crippen LogP contribution is 2.24. The van der Waals surface area contributed by atoms with E-state index in [1.165, 1.54) is 11.1 Å². The van der Waals surface area contributed by atoms with Gasteiger partial charge in [-0.1, -0.05) is 42.5 Å². The van der Waals surface area contributed by atoms with Crippen LogP contribution in [0, 0.1) is 0 Å². The number of methoxy groups -OCH3 is 1. The number of benzene rings is 2. The highest BCUT2D eigenvalue weighted by molar-refractivity contribution is 14.0. The molecule has 1 unspecified atom stereocenters. The maximum Gasteiger partial charge on any atom is 0.188 e. The van der Waals surface area contributed by atoms with E-state index in [1.54, 1.807) is 7.11 Å². The Kier molecular flexibility index (Phi) is 10.2. The molecule has 0 radical (unpaired) electrons. The summed E-state index contributed by atoms with van der Waals surface area (Å²) in [6.45, 7) is 4.67. The van der Waals surface area contributed by atoms with Crippen LogP contribution in [-0.4, -0.2) is 57.4 Å². The normalized spacial score (nSPS) is 16.0. The molecule has 158 valence electrons. The van der Waals surface area contributed by atoms with Crippen LogP contribution >= 0.6 is 24.0 Å². The van der Waals surface area contributed by atoms with Gasteiger partial charge in [0.25, 0.3) is 0 Å². The van der Waals surface area contributed by atoms with Crippen LogP contribution in [0.25, 0.3) is 0 Å². The minimum atomic E-state index is 0. The van der Waals surface area contributed by atoms with Crippen LogP contribution in [0.15, 0.2) is 59.6 Å². The average molecular weight is 510 g/mol. The van der Waals surface area contributed by atoms with Crippen molar-refractivity contribution in [3.05, 3.63) is 65.7 Å². The minimum Gasteiger partial charge on any atom is -0.497 e. The predicted molar refractivity (Wildman–Crippen MR) is 128 cm³/mol. The van der Waals surface area contributed by atoms with Crippen molar-refractivity contribution >= 4 is 29.9 Å². The van der Waals surface area contributed by atoms with Gasteiger partial charge in [0, 0.05) is 19.6 Å². The zero-order valence-electron chi connectivity index (χ0n) is 16.9. The van der Waals surface area contributed by atoms with Crippen molar-refractivity contribution in [1.29, 1.82) is 0 Å². The number of rotatable bonds is 8. The number of hydrogen-bond donors (Lipinski definition) is 2. The molecule has 3 rings (SSSR count). The number of aliphatic imine (C=N–C) groups is 1. The lowest BCUT2D eigenvalue weighted by Crippen LogP contribution is -2.41. The van der Waals surface area contributed by atoms with Crippen LogP contribution in [0.2, 0.25) is 0 Å². The van der Waals surface area contributed by atoms with Crippen LogP contribution in [-0.2, 0) is 11.2 Å². The van der Waals surface area contributed by atoms with Gasteiger partial charge >= 0.3 is 0 Å². The Morgan fingerprint density at radius 3 is 2.48 bits per heavy atom. The molecule has 7 heteroatoms. The van der Waals surface area contributed by atoms with Crippen molar-refractivity contribution in [2.45, 2.75) is 12.5 Å². The van der Waals surface area contributed by atoms with Gasteiger partial charge in [-0.05, 0) is 29.7 Å². The summed E-state index contributed by atoms with van der Waals surface area (Å²) in [5, 5.41) is 3.22. The molecule has 0 amide bonds. The maximum absolute atomic E-state index is 6.12. The van der Waals surface area contributed by atoms with Gasteiger partial charge in [-0.2, -0.15) is 0 Å². The SMILES string of the molecule is COc1ccc(C(CN=C(N)NCCc2ccccc2)N2CCOCC2)cc1.I. The first-order chi connectivity index (χ1) is 13.8. The average Bonchev–Trinajstić information content (AvgIpc) is 2.76. The van der Waals surface area contributed by atoms with E-state index in [-0.39, 0.29) is 30.0 Å². The number of hydrogen-bond acceptors (Lipinski definition) is 4. The maximum atomic E-state index is 6.12. The molecule has 1 heterocycles. The smallest absolute Gasteiger partial charge is 0.188 e. The van der Waals surface area contributed by atoms with E-state index in [9.17, 15) is 0 Å². The van der Waals surface area contributed by atoms with E-state index in [0.717, 1.165) is 45.0 Å². The Hall–Kier alpha value is -1.84. The van der Waals surface area contributed by atoms with Crippen LogP contribution in [0.5, 0.6) is 5.75 Å². The van der Waals surface area contributed by atoms with Gasteiger partial charge in [0.2, 0.25) is 0 Å². The third-order valence-corrected chi connectivity index (χ3v) is 4.98. The second-order valence-corrected chi connectivity index (χ2v) is 6.83. The number of nitrogens with zero attached hydrogens (tertiary/aromatic N) is 2. The van der Waals surface area contributed by atoms with E-state index in [0.29, 0.717) is 12.5 Å². The monoisotopic (exact) mass is 510 g/mol. The summed E-state index contributed by atoms with van der Waals surface area (Å²) in [5.41, 5.74) is 8.61. The standard InChI is InChI=1S/C22H30N4O2.HI/c1-27-20-9-7-19(8-10-20)21(26-13-15-28-16-14-26)17-25-22(23)24-12-11-18-5-3-2-4-6-18;/h2-10,21H,11-17H2,1H3,(H3,23,24,25);1H. The predicted octanol–water partition coefficient (Wildman–Crippen LogP) is 2.83. The van der Waals surface area contributed by atoms with E-state index in [4.69, 9.17) is 15.2 Å². The summed E-state index contributed by atoms with van der Waals surface area (Å²) in [7, 11) is 1.68. The molecule has 0 spiro atoms. The molecule has 2 aromatic carbocycles. The fraction of sp³-hybridized carbons (Fsp3) is 0.409. The highest BCUT2D eigenvalue weighted by Gasteiger charge is 2.22. The Morgan fingerprint density at radius 1 is 1.14 bits per heavy atom. The lowest BCUT2D eigenvalue weighted by Gasteiger charge is -2.34. The largest absolute Gasteiger partial charge is 0.497 e. The summed E-state index contributed by atoms with van der Waals surface area (Å²) in [4.78, 5) is 7.03. The minimum absolute atomic E-state index is 0. The molecule has 0 saturated carbocycles. The molecule has 1 fully saturated rings. The first-order valence-corrected chi connectivity index (χ1v) is 9.79. The summed E-state index contributed by atoms with van der Waals surface area (Å²) in [5.74, 6) is 1.35. The second kappa shape index (κ2) is 12.7. The van der Waals surface area contributed by atoms with Crippen molar-refractivity contribution in [2.24, 2.45) is 10.7 Å². The Morgan fingerprint density at radius 2 is 1.83 bits per heavy atom. The lowest BCUT2D eigenvalue weighted by molar-refractivity contribution is 0.0180. The van der Waals surface area contributed by atoms with Crippen LogP contribution in [0.4, 0.5) is 0 Å². The number of nitrogens with two attached hydrogens (primary N) is 1. The number of morpholine rings is 1. The molecule has 3 N–H and O–H groups in total. The van der Waals surface area contributed by atoms with E-state index >= 15 is 0 Å². The third-order valence-electron chi connectivity index (χ3n) is 4.98. The summed E-state index contributed by atoms with van der Waals surface area (Å²) < 4.78 is 10.8. The molecule has 0 bridgehead atoms. The Labute approximate surface area is 190 Å². The number of guanidine groups is 1. The first-order valence-electron chi connectivity index (χ1n) is 9.79. The van der Waals surface area contributed by atoms with Gasteiger partial charge in [0.15, 0.2) is 5.96 Å². The summed E-state index contributed by atoms with van der Waals surface area (Å²) in [6, 6.07) is 18.7. The third kappa shape index (κ3) is 7.49. The van der Waals surface area contributed by atoms with Crippen LogP contribution in [0.3, 0.4) is 0 Å². The number of ether oxygens (including phenoxy) is 2. The fourth-order valence-electron chi connectivity index (χ4n) is 3.37. The zero-order valence-corrected chi connectivity index (χ0v) is 19.3. The lowest BCUT2D eigenvalue weighted by atomic mass is 10.0. The topological polar surface area (TPSA) is 72.1 Å². The van der Waals surface area contributed by atoms with E-state index in [1.807, 2.05) is 18.2 Å². The zero-order chi connectivity index (χ0) is 19.6. The molecule has 1 saturated heterocycles. The first kappa shape index (κ1) is 23.4. The van der Waals surface area contributed by atoms with Gasteiger partial charge in [0.1, 0.15) is 5.75 Å². The molecule has 1 aliphatic rings. The van der Waals surface area contributed by atoms with E-state index < -0.39 is 0 Å². The molecular formula is C22H31IN4O2. The molecule has 0 aromatic heterocycles. The van der Waals surface area contributed by atoms with Crippen molar-refractivity contribution in [2.75, 3.05) is 46.5 Å². The van der Waals surface area contributed by atoms with Gasteiger partial charge in [-0.15, -0.1) is 24.0 Å². The molecular weight excluding hydrogens is 479 g/mol. The molecule has 29 heavy (non-hydrogen) atoms. The van der Waals surface area contributed by atoms with Gasteiger partial charge < -0.3 is 20.5 Å². The fourth-order valence-corrected chi connectivity index (χ4v) is 3.37.